The molecule has 0 unspecified atom stereocenters. The summed E-state index contributed by atoms with van der Waals surface area (Å²) in [5.41, 5.74) is 3.86. The summed E-state index contributed by atoms with van der Waals surface area (Å²) in [6.07, 6.45) is -3.39. The molecule has 0 amide bonds. The van der Waals surface area contributed by atoms with Crippen LogP contribution in [0, 0.1) is 6.92 Å². The van der Waals surface area contributed by atoms with Gasteiger partial charge in [0, 0.05) is 0 Å². The predicted molar refractivity (Wildman–Crippen MR) is 36.2 cm³/mol. The van der Waals surface area contributed by atoms with Gasteiger partial charge in [0.15, 0.2) is 5.69 Å². The van der Waals surface area contributed by atoms with Crippen molar-refractivity contribution in [3.63, 3.8) is 0 Å². The first-order valence-corrected chi connectivity index (χ1v) is 3.07. The van der Waals surface area contributed by atoms with Crippen molar-refractivity contribution in [2.75, 3.05) is 5.73 Å². The molecule has 0 spiro atoms. The molecule has 3 nitrogen and oxygen atoms in total. The summed E-state index contributed by atoms with van der Waals surface area (Å²) in [4.78, 5) is 6.57. The number of nitrogens with zero attached hydrogens (tertiary/aromatic N) is 2. The molecule has 1 aromatic rings. The Kier molecular flexibility index (Phi) is 1.91. The second kappa shape index (κ2) is 2.62. The van der Waals surface area contributed by atoms with Gasteiger partial charge < -0.3 is 5.73 Å². The number of aryl methyl sites for hydroxylation is 1. The Labute approximate surface area is 66.4 Å². The Morgan fingerprint density at radius 3 is 2.42 bits per heavy atom. The van der Waals surface area contributed by atoms with E-state index in [4.69, 9.17) is 5.73 Å². The molecule has 0 saturated heterocycles. The van der Waals surface area contributed by atoms with Gasteiger partial charge in [-0.3, -0.25) is 4.98 Å². The fourth-order valence-corrected chi connectivity index (χ4v) is 0.731. The van der Waals surface area contributed by atoms with Crippen molar-refractivity contribution >= 4 is 5.82 Å². The average Bonchev–Trinajstić information content (AvgIpc) is 1.92. The van der Waals surface area contributed by atoms with Crippen molar-refractivity contribution in [2.24, 2.45) is 0 Å². The zero-order valence-electron chi connectivity index (χ0n) is 6.18. The molecule has 1 aromatic heterocycles. The normalized spacial score (nSPS) is 11.7. The molecule has 0 atom stereocenters. The van der Waals surface area contributed by atoms with Crippen molar-refractivity contribution in [3.05, 3.63) is 17.6 Å². The van der Waals surface area contributed by atoms with E-state index < -0.39 is 11.9 Å². The lowest BCUT2D eigenvalue weighted by Crippen LogP contribution is -2.12. The number of anilines is 1. The van der Waals surface area contributed by atoms with E-state index >= 15 is 0 Å². The summed E-state index contributed by atoms with van der Waals surface area (Å²) in [5, 5.41) is 0. The van der Waals surface area contributed by atoms with Crippen molar-refractivity contribution in [1.82, 2.24) is 9.97 Å². The number of hydrogen-bond acceptors (Lipinski definition) is 3. The van der Waals surface area contributed by atoms with Crippen LogP contribution in [0.3, 0.4) is 0 Å². The van der Waals surface area contributed by atoms with E-state index in [0.29, 0.717) is 0 Å². The van der Waals surface area contributed by atoms with Crippen LogP contribution in [-0.2, 0) is 6.18 Å². The second-order valence-electron chi connectivity index (χ2n) is 2.23. The number of halogens is 3. The van der Waals surface area contributed by atoms with Crippen molar-refractivity contribution in [1.29, 1.82) is 0 Å². The van der Waals surface area contributed by atoms with Gasteiger partial charge >= 0.3 is 6.18 Å². The van der Waals surface area contributed by atoms with E-state index in [1.54, 1.807) is 0 Å². The molecule has 0 fully saturated rings. The Hall–Kier alpha value is -1.33. The van der Waals surface area contributed by atoms with Gasteiger partial charge in [-0.15, -0.1) is 0 Å². The summed E-state index contributed by atoms with van der Waals surface area (Å²) >= 11 is 0. The van der Waals surface area contributed by atoms with Crippen LogP contribution in [0.5, 0.6) is 0 Å². The van der Waals surface area contributed by atoms with Gasteiger partial charge in [0.05, 0.1) is 11.9 Å². The van der Waals surface area contributed by atoms with Gasteiger partial charge in [-0.2, -0.15) is 13.2 Å². The van der Waals surface area contributed by atoms with E-state index in [-0.39, 0.29) is 11.5 Å². The summed E-state index contributed by atoms with van der Waals surface area (Å²) in [6.45, 7) is 1.23. The van der Waals surface area contributed by atoms with Crippen LogP contribution in [-0.4, -0.2) is 9.97 Å². The molecule has 0 aliphatic rings. The van der Waals surface area contributed by atoms with Crippen LogP contribution in [0.15, 0.2) is 6.20 Å². The maximum absolute atomic E-state index is 12.1. The molecule has 66 valence electrons. The predicted octanol–water partition coefficient (Wildman–Crippen LogP) is 1.39. The Bertz CT molecular complexity index is 295. The molecular formula is C6H6F3N3. The van der Waals surface area contributed by atoms with Crippen molar-refractivity contribution < 1.29 is 13.2 Å². The first kappa shape index (κ1) is 8.76. The lowest BCUT2D eigenvalue weighted by atomic mass is 10.3. The van der Waals surface area contributed by atoms with Crippen LogP contribution in [0.4, 0.5) is 19.0 Å². The van der Waals surface area contributed by atoms with E-state index in [0.717, 1.165) is 6.20 Å². The number of alkyl halides is 3. The zero-order chi connectivity index (χ0) is 9.35. The largest absolute Gasteiger partial charge is 0.435 e. The maximum Gasteiger partial charge on any atom is 0.435 e. The van der Waals surface area contributed by atoms with Gasteiger partial charge in [0.1, 0.15) is 5.82 Å². The fourth-order valence-electron chi connectivity index (χ4n) is 0.731. The number of aromatic nitrogens is 2. The molecule has 0 radical (unpaired) electrons. The van der Waals surface area contributed by atoms with Crippen LogP contribution in [0.25, 0.3) is 0 Å². The molecule has 0 aliphatic carbocycles. The van der Waals surface area contributed by atoms with E-state index in [1.807, 2.05) is 0 Å². The summed E-state index contributed by atoms with van der Waals surface area (Å²) in [5.74, 6) is -0.229. The molecule has 1 rings (SSSR count). The topological polar surface area (TPSA) is 51.8 Å². The lowest BCUT2D eigenvalue weighted by molar-refractivity contribution is -0.141. The SMILES string of the molecule is Cc1ncc(N)nc1C(F)(F)F. The first-order valence-electron chi connectivity index (χ1n) is 3.07. The van der Waals surface area contributed by atoms with Crippen molar-refractivity contribution in [2.45, 2.75) is 13.1 Å². The third-order valence-corrected chi connectivity index (χ3v) is 1.24. The molecule has 6 heteroatoms. The Balaban J connectivity index is 3.23. The molecule has 0 aliphatic heterocycles. The van der Waals surface area contributed by atoms with Gasteiger partial charge in [0.25, 0.3) is 0 Å². The van der Waals surface area contributed by atoms with Gasteiger partial charge in [-0.1, -0.05) is 0 Å². The third kappa shape index (κ3) is 1.63. The van der Waals surface area contributed by atoms with E-state index in [2.05, 4.69) is 9.97 Å². The third-order valence-electron chi connectivity index (χ3n) is 1.24. The molecule has 2 N–H and O–H groups in total. The molecule has 0 bridgehead atoms. The highest BCUT2D eigenvalue weighted by molar-refractivity contribution is 5.28. The van der Waals surface area contributed by atoms with E-state index in [1.165, 1.54) is 6.92 Å². The number of nitrogens with two attached hydrogens (primary N) is 1. The first-order chi connectivity index (χ1) is 5.41. The quantitative estimate of drug-likeness (QED) is 0.651. The molecule has 0 aromatic carbocycles. The zero-order valence-corrected chi connectivity index (χ0v) is 6.18. The Morgan fingerprint density at radius 2 is 2.00 bits per heavy atom. The molecule has 12 heavy (non-hydrogen) atoms. The number of nitrogen functional groups attached to an aromatic ring is 1. The summed E-state index contributed by atoms with van der Waals surface area (Å²) < 4.78 is 36.2. The highest BCUT2D eigenvalue weighted by Gasteiger charge is 2.35. The maximum atomic E-state index is 12.1. The minimum Gasteiger partial charge on any atom is -0.382 e. The van der Waals surface area contributed by atoms with Crippen LogP contribution in [0.1, 0.15) is 11.4 Å². The average molecular weight is 177 g/mol. The molecule has 1 heterocycles. The smallest absolute Gasteiger partial charge is 0.382 e. The lowest BCUT2D eigenvalue weighted by Gasteiger charge is -2.07. The highest BCUT2D eigenvalue weighted by Crippen LogP contribution is 2.29. The van der Waals surface area contributed by atoms with Crippen LogP contribution >= 0.6 is 0 Å². The monoisotopic (exact) mass is 177 g/mol. The van der Waals surface area contributed by atoms with Gasteiger partial charge in [0.2, 0.25) is 0 Å². The molecular weight excluding hydrogens is 171 g/mol. The van der Waals surface area contributed by atoms with E-state index in [9.17, 15) is 13.2 Å². The summed E-state index contributed by atoms with van der Waals surface area (Å²) in [6, 6.07) is 0. The van der Waals surface area contributed by atoms with Gasteiger partial charge in [-0.05, 0) is 6.92 Å². The second-order valence-corrected chi connectivity index (χ2v) is 2.23. The minimum absolute atomic E-state index is 0.170. The Morgan fingerprint density at radius 1 is 1.42 bits per heavy atom. The number of hydrogen-bond donors (Lipinski definition) is 1. The summed E-state index contributed by atoms with van der Waals surface area (Å²) in [7, 11) is 0. The van der Waals surface area contributed by atoms with Crippen molar-refractivity contribution in [3.8, 4) is 0 Å². The van der Waals surface area contributed by atoms with Crippen LogP contribution < -0.4 is 5.73 Å². The highest BCUT2D eigenvalue weighted by atomic mass is 19.4. The molecule has 0 saturated carbocycles. The fraction of sp³-hybridized carbons (Fsp3) is 0.333. The number of rotatable bonds is 0. The standard InChI is InChI=1S/C6H6F3N3/c1-3-5(6(7,8)9)12-4(10)2-11-3/h2H,1H3,(H2,10,12). The minimum atomic E-state index is -4.48. The van der Waals surface area contributed by atoms with Gasteiger partial charge in [-0.25, -0.2) is 4.98 Å². The van der Waals surface area contributed by atoms with Crippen LogP contribution in [0.2, 0.25) is 0 Å².